The fourth-order valence-electron chi connectivity index (χ4n) is 4.52. The molecule has 12 nitrogen and oxygen atoms in total. The van der Waals surface area contributed by atoms with Crippen molar-refractivity contribution in [1.29, 1.82) is 5.41 Å². The van der Waals surface area contributed by atoms with E-state index >= 15 is 0 Å². The number of carbonyl (C=O) groups excluding carboxylic acids is 3. The van der Waals surface area contributed by atoms with Crippen molar-refractivity contribution in [3.63, 3.8) is 0 Å². The average molecular weight is 617 g/mol. The van der Waals surface area contributed by atoms with Crippen LogP contribution in [0.3, 0.4) is 0 Å². The highest BCUT2D eigenvalue weighted by atomic mass is 32.2. The SMILES string of the molecule is CS(=O)(=O)[C@@H]1C[C@@H](C(=O)N[C@H](CO)c2cc(C(=N)N)cs2)N(C(=O)CNC(=O)c2ncc(-c3ccccc3)cc2F)C1. The van der Waals surface area contributed by atoms with E-state index in [9.17, 15) is 32.3 Å². The van der Waals surface area contributed by atoms with Crippen LogP contribution in [-0.4, -0.2) is 84.2 Å². The van der Waals surface area contributed by atoms with Crippen LogP contribution in [0.25, 0.3) is 11.1 Å². The van der Waals surface area contributed by atoms with E-state index in [-0.39, 0.29) is 18.8 Å². The number of nitrogen functional groups attached to an aromatic ring is 1. The zero-order valence-electron chi connectivity index (χ0n) is 22.4. The van der Waals surface area contributed by atoms with Crippen LogP contribution < -0.4 is 16.4 Å². The highest BCUT2D eigenvalue weighted by molar-refractivity contribution is 7.91. The molecule has 222 valence electrons. The summed E-state index contributed by atoms with van der Waals surface area (Å²) in [5, 5.41) is 22.9. The van der Waals surface area contributed by atoms with Crippen molar-refractivity contribution >= 4 is 44.7 Å². The van der Waals surface area contributed by atoms with Gasteiger partial charge < -0.3 is 26.4 Å². The molecule has 1 aliphatic heterocycles. The van der Waals surface area contributed by atoms with Crippen LogP contribution >= 0.6 is 11.3 Å². The number of carbonyl (C=O) groups is 3. The summed E-state index contributed by atoms with van der Waals surface area (Å²) in [4.78, 5) is 44.5. The second-order valence-corrected chi connectivity index (χ2v) is 13.0. The van der Waals surface area contributed by atoms with Gasteiger partial charge in [-0.3, -0.25) is 19.8 Å². The first kappa shape index (κ1) is 30.7. The number of pyridine rings is 1. The van der Waals surface area contributed by atoms with Crippen molar-refractivity contribution in [2.75, 3.05) is 26.0 Å². The molecule has 0 aliphatic carbocycles. The van der Waals surface area contributed by atoms with Crippen LogP contribution in [0.5, 0.6) is 0 Å². The van der Waals surface area contributed by atoms with Crippen LogP contribution in [-0.2, 0) is 19.4 Å². The zero-order valence-corrected chi connectivity index (χ0v) is 24.0. The topological polar surface area (TPSA) is 196 Å². The van der Waals surface area contributed by atoms with E-state index in [1.54, 1.807) is 41.8 Å². The minimum absolute atomic E-state index is 0.187. The molecule has 3 amide bonds. The van der Waals surface area contributed by atoms with Gasteiger partial charge in [-0.05, 0) is 24.1 Å². The number of halogens is 1. The lowest BCUT2D eigenvalue weighted by molar-refractivity contribution is -0.138. The van der Waals surface area contributed by atoms with Crippen LogP contribution in [0.1, 0.15) is 33.4 Å². The Bertz CT molecular complexity index is 1610. The minimum Gasteiger partial charge on any atom is -0.394 e. The maximum Gasteiger partial charge on any atom is 0.273 e. The Morgan fingerprint density at radius 3 is 2.55 bits per heavy atom. The van der Waals surface area contributed by atoms with E-state index in [0.29, 0.717) is 21.6 Å². The Morgan fingerprint density at radius 2 is 1.95 bits per heavy atom. The first-order valence-electron chi connectivity index (χ1n) is 12.7. The number of hydrogen-bond acceptors (Lipinski definition) is 9. The Kier molecular flexibility index (Phi) is 9.33. The Hall–Kier alpha value is -4.21. The second-order valence-electron chi connectivity index (χ2n) is 9.75. The predicted octanol–water partition coefficient (Wildman–Crippen LogP) is 0.827. The van der Waals surface area contributed by atoms with E-state index in [1.807, 2.05) is 0 Å². The van der Waals surface area contributed by atoms with Crippen molar-refractivity contribution in [2.45, 2.75) is 23.8 Å². The number of aromatic nitrogens is 1. The smallest absolute Gasteiger partial charge is 0.273 e. The molecule has 0 unspecified atom stereocenters. The molecular weight excluding hydrogens is 587 g/mol. The van der Waals surface area contributed by atoms with E-state index in [1.165, 1.54) is 6.20 Å². The number of nitrogens with one attached hydrogen (secondary N) is 3. The predicted molar refractivity (Wildman–Crippen MR) is 154 cm³/mol. The number of benzene rings is 1. The van der Waals surface area contributed by atoms with Crippen LogP contribution in [0.2, 0.25) is 0 Å². The zero-order chi connectivity index (χ0) is 30.6. The number of sulfone groups is 1. The van der Waals surface area contributed by atoms with Gasteiger partial charge in [0.2, 0.25) is 11.8 Å². The lowest BCUT2D eigenvalue weighted by Crippen LogP contribution is -2.50. The van der Waals surface area contributed by atoms with E-state index in [2.05, 4.69) is 15.6 Å². The van der Waals surface area contributed by atoms with Gasteiger partial charge in [0.1, 0.15) is 11.9 Å². The summed E-state index contributed by atoms with van der Waals surface area (Å²) in [6.45, 7) is -1.43. The van der Waals surface area contributed by atoms with Gasteiger partial charge in [0.15, 0.2) is 21.3 Å². The molecule has 0 bridgehead atoms. The van der Waals surface area contributed by atoms with E-state index in [4.69, 9.17) is 11.1 Å². The fraction of sp³-hybridized carbons (Fsp3) is 0.296. The van der Waals surface area contributed by atoms with Crippen molar-refractivity contribution in [1.82, 2.24) is 20.5 Å². The van der Waals surface area contributed by atoms with Crippen molar-refractivity contribution in [3.05, 3.63) is 76.0 Å². The molecule has 3 atom stereocenters. The molecule has 1 aromatic carbocycles. The molecule has 3 heterocycles. The first-order valence-corrected chi connectivity index (χ1v) is 15.5. The molecular formula is C27H29FN6O6S2. The van der Waals surface area contributed by atoms with Gasteiger partial charge in [-0.15, -0.1) is 11.3 Å². The van der Waals surface area contributed by atoms with Crippen LogP contribution in [0.4, 0.5) is 4.39 Å². The number of amidine groups is 1. The third-order valence-corrected chi connectivity index (χ3v) is 9.43. The summed E-state index contributed by atoms with van der Waals surface area (Å²) < 4.78 is 39.3. The largest absolute Gasteiger partial charge is 0.394 e. The monoisotopic (exact) mass is 616 g/mol. The van der Waals surface area contributed by atoms with Gasteiger partial charge in [-0.25, -0.2) is 17.8 Å². The lowest BCUT2D eigenvalue weighted by Gasteiger charge is -2.26. The molecule has 3 aromatic rings. The molecule has 2 aromatic heterocycles. The number of aliphatic hydroxyl groups excluding tert-OH is 1. The second kappa shape index (κ2) is 12.8. The maximum atomic E-state index is 14.7. The number of likely N-dealkylation sites (tertiary alicyclic amines) is 1. The summed E-state index contributed by atoms with van der Waals surface area (Å²) in [5.74, 6) is -3.50. The highest BCUT2D eigenvalue weighted by Gasteiger charge is 2.44. The minimum atomic E-state index is -3.64. The molecule has 0 saturated carbocycles. The van der Waals surface area contributed by atoms with Gasteiger partial charge >= 0.3 is 0 Å². The highest BCUT2D eigenvalue weighted by Crippen LogP contribution is 2.26. The number of nitrogens with two attached hydrogens (primary N) is 1. The summed E-state index contributed by atoms with van der Waals surface area (Å²) in [5.41, 5.74) is 6.53. The van der Waals surface area contributed by atoms with Crippen molar-refractivity contribution < 1.29 is 32.3 Å². The summed E-state index contributed by atoms with van der Waals surface area (Å²) in [7, 11) is -3.64. The summed E-state index contributed by atoms with van der Waals surface area (Å²) in [6.07, 6.45) is 2.14. The summed E-state index contributed by atoms with van der Waals surface area (Å²) >= 11 is 1.16. The quantitative estimate of drug-likeness (QED) is 0.163. The molecule has 6 N–H and O–H groups in total. The van der Waals surface area contributed by atoms with E-state index < -0.39 is 69.6 Å². The number of hydrogen-bond donors (Lipinski definition) is 5. The lowest BCUT2D eigenvalue weighted by atomic mass is 10.1. The number of nitrogens with zero attached hydrogens (tertiary/aromatic N) is 2. The Balaban J connectivity index is 1.45. The molecule has 0 radical (unpaired) electrons. The maximum absolute atomic E-state index is 14.7. The Morgan fingerprint density at radius 1 is 1.24 bits per heavy atom. The number of amides is 3. The normalized spacial score (nSPS) is 17.5. The van der Waals surface area contributed by atoms with Gasteiger partial charge in [0, 0.05) is 40.4 Å². The molecule has 15 heteroatoms. The number of aliphatic hydroxyl groups is 1. The average Bonchev–Trinajstić information content (AvgIpc) is 3.63. The van der Waals surface area contributed by atoms with Crippen LogP contribution in [0, 0.1) is 11.2 Å². The Labute approximate surface area is 245 Å². The standard InChI is InChI=1S/C27H29FN6O6S2/c1-42(39,40)18-9-21(26(37)33-20(13-35)22-8-17(14-41-22)25(29)30)34(12-18)23(36)11-32-27(38)24-19(28)7-16(10-31-24)15-5-3-2-4-6-15/h2-8,10,14,18,20-21,35H,9,11-13H2,1H3,(H3,29,30)(H,32,38)(H,33,37)/t18-,20-,21+/m1/s1. The van der Waals surface area contributed by atoms with Crippen LogP contribution in [0.15, 0.2) is 54.0 Å². The molecule has 42 heavy (non-hydrogen) atoms. The van der Waals surface area contributed by atoms with Gasteiger partial charge in [0.25, 0.3) is 5.91 Å². The third-order valence-electron chi connectivity index (χ3n) is 6.83. The number of thiophene rings is 1. The van der Waals surface area contributed by atoms with Crippen molar-refractivity contribution in [3.8, 4) is 11.1 Å². The van der Waals surface area contributed by atoms with Crippen molar-refractivity contribution in [2.24, 2.45) is 5.73 Å². The third kappa shape index (κ3) is 6.98. The molecule has 1 aliphatic rings. The molecule has 1 saturated heterocycles. The van der Waals surface area contributed by atoms with Gasteiger partial charge in [-0.1, -0.05) is 30.3 Å². The molecule has 4 rings (SSSR count). The first-order chi connectivity index (χ1) is 19.9. The van der Waals surface area contributed by atoms with E-state index in [0.717, 1.165) is 28.6 Å². The molecule has 1 fully saturated rings. The summed E-state index contributed by atoms with van der Waals surface area (Å²) in [6, 6.07) is 9.46. The molecule has 0 spiro atoms. The van der Waals surface area contributed by atoms with Gasteiger partial charge in [-0.2, -0.15) is 0 Å². The fourth-order valence-corrected chi connectivity index (χ4v) is 6.43. The van der Waals surface area contributed by atoms with Gasteiger partial charge in [0.05, 0.1) is 24.4 Å². The number of rotatable bonds is 10.